The molecule has 1 unspecified atom stereocenters. The van der Waals surface area contributed by atoms with Gasteiger partial charge in [-0.2, -0.15) is 18.3 Å². The van der Waals surface area contributed by atoms with Gasteiger partial charge in [-0.15, -0.1) is 0 Å². The summed E-state index contributed by atoms with van der Waals surface area (Å²) in [7, 11) is 0. The molecule has 184 valence electrons. The number of amides is 1. The van der Waals surface area contributed by atoms with E-state index in [1.165, 1.54) is 12.4 Å². The fourth-order valence-corrected chi connectivity index (χ4v) is 4.16. The van der Waals surface area contributed by atoms with E-state index in [4.69, 9.17) is 16.3 Å². The predicted octanol–water partition coefficient (Wildman–Crippen LogP) is 1.93. The molecule has 34 heavy (non-hydrogen) atoms. The smallest absolute Gasteiger partial charge is 0.380 e. The van der Waals surface area contributed by atoms with Crippen LogP contribution in [-0.4, -0.2) is 75.9 Å². The van der Waals surface area contributed by atoms with E-state index >= 15 is 0 Å². The molecule has 2 N–H and O–H groups in total. The number of aromatic nitrogens is 4. The number of H-pyrrole nitrogens is 1. The van der Waals surface area contributed by atoms with E-state index in [0.29, 0.717) is 50.0 Å². The zero-order valence-electron chi connectivity index (χ0n) is 18.0. The van der Waals surface area contributed by atoms with Crippen molar-refractivity contribution in [2.75, 3.05) is 42.9 Å². The van der Waals surface area contributed by atoms with Gasteiger partial charge in [-0.1, -0.05) is 11.6 Å². The third-order valence-corrected chi connectivity index (χ3v) is 5.97. The van der Waals surface area contributed by atoms with E-state index in [2.05, 4.69) is 20.4 Å². The molecular weight excluding hydrogens is 479 g/mol. The zero-order valence-corrected chi connectivity index (χ0v) is 18.8. The Balaban J connectivity index is 1.23. The summed E-state index contributed by atoms with van der Waals surface area (Å²) in [4.78, 5) is 36.4. The van der Waals surface area contributed by atoms with Crippen molar-refractivity contribution in [2.45, 2.75) is 37.6 Å². The van der Waals surface area contributed by atoms with Crippen molar-refractivity contribution in [3.63, 3.8) is 0 Å². The normalized spacial score (nSPS) is 21.1. The minimum absolute atomic E-state index is 0.0339. The van der Waals surface area contributed by atoms with Crippen LogP contribution in [0.1, 0.15) is 24.8 Å². The first-order valence-electron chi connectivity index (χ1n) is 10.7. The van der Waals surface area contributed by atoms with Crippen molar-refractivity contribution in [1.82, 2.24) is 25.1 Å². The molecule has 2 atom stereocenters. The van der Waals surface area contributed by atoms with Crippen LogP contribution in [0.5, 0.6) is 0 Å². The van der Waals surface area contributed by atoms with Crippen LogP contribution in [-0.2, 0) is 15.7 Å². The molecule has 4 heterocycles. The van der Waals surface area contributed by atoms with E-state index in [1.54, 1.807) is 10.00 Å². The van der Waals surface area contributed by atoms with Gasteiger partial charge in [-0.25, -0.2) is 15.1 Å². The average molecular weight is 502 g/mol. The Hall–Kier alpha value is -2.93. The van der Waals surface area contributed by atoms with Crippen LogP contribution in [0.4, 0.5) is 24.8 Å². The minimum Gasteiger partial charge on any atom is -0.380 e. The monoisotopic (exact) mass is 501 g/mol. The van der Waals surface area contributed by atoms with E-state index in [9.17, 15) is 22.8 Å². The van der Waals surface area contributed by atoms with Crippen molar-refractivity contribution in [2.24, 2.45) is 0 Å². The Morgan fingerprint density at radius 3 is 2.50 bits per heavy atom. The van der Waals surface area contributed by atoms with Crippen LogP contribution in [0.25, 0.3) is 0 Å². The highest BCUT2D eigenvalue weighted by Gasteiger charge is 2.38. The molecule has 2 aliphatic heterocycles. The lowest BCUT2D eigenvalue weighted by Crippen LogP contribution is -2.49. The van der Waals surface area contributed by atoms with Gasteiger partial charge in [0.15, 0.2) is 0 Å². The standard InChI is InChI=1S/C20H23ClF3N7O3/c21-12-8-26-19(27-9-12)31-5-3-30(4-6-31)16(32)7-13-1-2-14(34-13)10-25-15-11-28-29-18(33)17(15)20(22,23)24/h8-9,11,13-14H,1-7,10H2,(H2,25,29,33)/t13?,14-/m0/s1. The third kappa shape index (κ3) is 5.76. The lowest BCUT2D eigenvalue weighted by molar-refractivity contribution is -0.138. The fraction of sp³-hybridized carbons (Fsp3) is 0.550. The number of halogens is 4. The predicted molar refractivity (Wildman–Crippen MR) is 117 cm³/mol. The van der Waals surface area contributed by atoms with Gasteiger partial charge in [0, 0.05) is 32.7 Å². The summed E-state index contributed by atoms with van der Waals surface area (Å²) < 4.78 is 45.3. The van der Waals surface area contributed by atoms with E-state index in [-0.39, 0.29) is 31.1 Å². The lowest BCUT2D eigenvalue weighted by atomic mass is 10.1. The van der Waals surface area contributed by atoms with Crippen LogP contribution < -0.4 is 15.8 Å². The highest BCUT2D eigenvalue weighted by atomic mass is 35.5. The average Bonchev–Trinajstić information content (AvgIpc) is 3.24. The molecule has 2 aliphatic rings. The molecule has 14 heteroatoms. The Morgan fingerprint density at radius 2 is 1.82 bits per heavy atom. The van der Waals surface area contributed by atoms with E-state index < -0.39 is 23.0 Å². The Morgan fingerprint density at radius 1 is 1.15 bits per heavy atom. The number of hydrogen-bond donors (Lipinski definition) is 2. The number of rotatable bonds is 6. The van der Waals surface area contributed by atoms with Crippen molar-refractivity contribution in [3.05, 3.63) is 39.5 Å². The molecule has 0 aliphatic carbocycles. The van der Waals surface area contributed by atoms with Crippen molar-refractivity contribution < 1.29 is 22.7 Å². The van der Waals surface area contributed by atoms with E-state index in [0.717, 1.165) is 6.20 Å². The summed E-state index contributed by atoms with van der Waals surface area (Å²) in [6, 6.07) is 0. The maximum Gasteiger partial charge on any atom is 0.423 e. The van der Waals surface area contributed by atoms with Gasteiger partial charge < -0.3 is 19.9 Å². The van der Waals surface area contributed by atoms with Crippen LogP contribution in [0.2, 0.25) is 5.02 Å². The molecule has 10 nitrogen and oxygen atoms in total. The summed E-state index contributed by atoms with van der Waals surface area (Å²) in [6.45, 7) is 2.31. The summed E-state index contributed by atoms with van der Waals surface area (Å²) in [6.07, 6.45) is -0.104. The number of nitrogens with zero attached hydrogens (tertiary/aromatic N) is 5. The Labute approximate surface area is 197 Å². The topological polar surface area (TPSA) is 116 Å². The van der Waals surface area contributed by atoms with Crippen LogP contribution in [0.15, 0.2) is 23.4 Å². The quantitative estimate of drug-likeness (QED) is 0.617. The summed E-state index contributed by atoms with van der Waals surface area (Å²) >= 11 is 5.81. The minimum atomic E-state index is -4.81. The first-order valence-corrected chi connectivity index (χ1v) is 11.1. The van der Waals surface area contributed by atoms with Crippen LogP contribution in [0.3, 0.4) is 0 Å². The molecule has 1 amide bonds. The molecule has 0 radical (unpaired) electrons. The molecular formula is C20H23ClF3N7O3. The number of carbonyl (C=O) groups is 1. The number of alkyl halides is 3. The Bertz CT molecular complexity index is 1060. The molecule has 2 saturated heterocycles. The summed E-state index contributed by atoms with van der Waals surface area (Å²) in [5.41, 5.74) is -3.03. The van der Waals surface area contributed by atoms with Crippen LogP contribution in [0, 0.1) is 0 Å². The van der Waals surface area contributed by atoms with Gasteiger partial charge in [-0.3, -0.25) is 9.59 Å². The highest BCUT2D eigenvalue weighted by molar-refractivity contribution is 6.30. The fourth-order valence-electron chi connectivity index (χ4n) is 4.07. The Kier molecular flexibility index (Phi) is 7.22. The molecule has 0 saturated carbocycles. The first kappa shape index (κ1) is 24.2. The second kappa shape index (κ2) is 10.1. The third-order valence-electron chi connectivity index (χ3n) is 5.78. The number of carbonyl (C=O) groups excluding carboxylic acids is 1. The second-order valence-electron chi connectivity index (χ2n) is 8.10. The number of hydrogen-bond acceptors (Lipinski definition) is 8. The van der Waals surface area contributed by atoms with Crippen molar-refractivity contribution >= 4 is 29.1 Å². The van der Waals surface area contributed by atoms with E-state index in [1.807, 2.05) is 4.90 Å². The van der Waals surface area contributed by atoms with Crippen molar-refractivity contribution in [1.29, 1.82) is 0 Å². The maximum atomic E-state index is 13.2. The largest absolute Gasteiger partial charge is 0.423 e. The van der Waals surface area contributed by atoms with Crippen molar-refractivity contribution in [3.8, 4) is 0 Å². The maximum absolute atomic E-state index is 13.2. The van der Waals surface area contributed by atoms with Gasteiger partial charge in [0.2, 0.25) is 11.9 Å². The highest BCUT2D eigenvalue weighted by Crippen LogP contribution is 2.32. The summed E-state index contributed by atoms with van der Waals surface area (Å²) in [5.74, 6) is 0.531. The number of nitrogens with one attached hydrogen (secondary N) is 2. The number of piperazine rings is 1. The number of anilines is 2. The molecule has 0 bridgehead atoms. The number of aromatic amines is 1. The van der Waals surface area contributed by atoms with Gasteiger partial charge >= 0.3 is 6.18 Å². The molecule has 4 rings (SSSR count). The van der Waals surface area contributed by atoms with Gasteiger partial charge in [-0.05, 0) is 12.8 Å². The SMILES string of the molecule is O=C(CC1CC[C@@H](CNc2cn[nH]c(=O)c2C(F)(F)F)O1)N1CCN(c2ncc(Cl)cn2)CC1. The van der Waals surface area contributed by atoms with Crippen LogP contribution >= 0.6 is 11.6 Å². The number of ether oxygens (including phenoxy) is 1. The molecule has 2 aromatic rings. The van der Waals surface area contributed by atoms with Gasteiger partial charge in [0.1, 0.15) is 5.56 Å². The van der Waals surface area contributed by atoms with Gasteiger partial charge in [0.05, 0.1) is 47.9 Å². The molecule has 2 fully saturated rings. The summed E-state index contributed by atoms with van der Waals surface area (Å²) in [5, 5.41) is 8.30. The molecule has 0 spiro atoms. The second-order valence-corrected chi connectivity index (χ2v) is 8.53. The molecule has 0 aromatic carbocycles. The zero-order chi connectivity index (χ0) is 24.3. The molecule has 2 aromatic heterocycles. The van der Waals surface area contributed by atoms with Gasteiger partial charge in [0.25, 0.3) is 5.56 Å². The first-order chi connectivity index (χ1) is 16.2. The lowest BCUT2D eigenvalue weighted by Gasteiger charge is -2.35.